The Hall–Kier alpha value is -2.74. The second-order valence-electron chi connectivity index (χ2n) is 5.20. The molecular weight excluding hydrogens is 387 g/mol. The summed E-state index contributed by atoms with van der Waals surface area (Å²) in [5.41, 5.74) is -0.0120. The van der Waals surface area contributed by atoms with Gasteiger partial charge in [0.25, 0.3) is 0 Å². The molecule has 2 aromatic rings. The minimum Gasteiger partial charge on any atom is -0.487 e. The Morgan fingerprint density at radius 2 is 1.85 bits per heavy atom. The molecule has 0 unspecified atom stereocenters. The summed E-state index contributed by atoms with van der Waals surface area (Å²) in [5.74, 6) is -0.639. The molecule has 0 aliphatic carbocycles. The molecule has 0 N–H and O–H groups in total. The number of esters is 1. The van der Waals surface area contributed by atoms with Gasteiger partial charge in [-0.1, -0.05) is 41.0 Å². The molecule has 2 aromatic carbocycles. The van der Waals surface area contributed by atoms with Crippen LogP contribution in [0.5, 0.6) is 5.75 Å². The molecule has 0 amide bonds. The number of rotatable bonds is 6. The van der Waals surface area contributed by atoms with Crippen LogP contribution in [0, 0.1) is 0 Å². The van der Waals surface area contributed by atoms with Crippen molar-refractivity contribution in [1.82, 2.24) is 0 Å². The Balaban J connectivity index is 2.27. The summed E-state index contributed by atoms with van der Waals surface area (Å²) in [6.07, 6.45) is -4.50. The Morgan fingerprint density at radius 3 is 2.44 bits per heavy atom. The summed E-state index contributed by atoms with van der Waals surface area (Å²) < 4.78 is 48.3. The van der Waals surface area contributed by atoms with Gasteiger partial charge in [0.2, 0.25) is 0 Å². The zero-order valence-electron chi connectivity index (χ0n) is 14.3. The van der Waals surface area contributed by atoms with Crippen molar-refractivity contribution in [2.45, 2.75) is 12.8 Å². The lowest BCUT2D eigenvalue weighted by molar-refractivity contribution is -0.137. The van der Waals surface area contributed by atoms with Gasteiger partial charge in [0.05, 0.1) is 17.7 Å². The van der Waals surface area contributed by atoms with E-state index in [1.165, 1.54) is 14.2 Å². The molecule has 0 saturated heterocycles. The maximum Gasteiger partial charge on any atom is 0.416 e. The second kappa shape index (κ2) is 8.77. The molecule has 5 nitrogen and oxygen atoms in total. The molecule has 144 valence electrons. The number of methoxy groups -OCH3 is 1. The fraction of sp³-hybridized carbons (Fsp3) is 0.222. The van der Waals surface area contributed by atoms with Crippen molar-refractivity contribution < 1.29 is 32.3 Å². The van der Waals surface area contributed by atoms with E-state index in [9.17, 15) is 18.0 Å². The zero-order valence-corrected chi connectivity index (χ0v) is 15.1. The number of hydrogen-bond donors (Lipinski definition) is 0. The number of alkyl halides is 3. The normalized spacial score (nSPS) is 11.9. The van der Waals surface area contributed by atoms with E-state index in [1.807, 2.05) is 0 Å². The molecule has 0 radical (unpaired) electrons. The molecule has 0 spiro atoms. The molecule has 2 rings (SSSR count). The van der Waals surface area contributed by atoms with Gasteiger partial charge in [-0.05, 0) is 23.8 Å². The minimum atomic E-state index is -4.50. The first-order valence-corrected chi connectivity index (χ1v) is 7.93. The number of benzene rings is 2. The molecule has 0 aliphatic heterocycles. The van der Waals surface area contributed by atoms with E-state index in [4.69, 9.17) is 16.3 Å². The van der Waals surface area contributed by atoms with Crippen LogP contribution in [0.25, 0.3) is 0 Å². The Kier molecular flexibility index (Phi) is 6.68. The van der Waals surface area contributed by atoms with E-state index in [0.29, 0.717) is 11.1 Å². The van der Waals surface area contributed by atoms with Crippen LogP contribution in [-0.4, -0.2) is 25.9 Å². The molecular formula is C18H15ClF3NO4. The number of oxime groups is 1. The number of halogens is 4. The van der Waals surface area contributed by atoms with Gasteiger partial charge in [0.15, 0.2) is 5.71 Å². The van der Waals surface area contributed by atoms with Gasteiger partial charge < -0.3 is 14.3 Å². The van der Waals surface area contributed by atoms with Gasteiger partial charge in [-0.25, -0.2) is 4.79 Å². The second-order valence-corrected chi connectivity index (χ2v) is 5.61. The first-order valence-electron chi connectivity index (χ1n) is 7.55. The fourth-order valence-corrected chi connectivity index (χ4v) is 2.45. The van der Waals surface area contributed by atoms with Crippen LogP contribution >= 0.6 is 11.6 Å². The van der Waals surface area contributed by atoms with Crippen molar-refractivity contribution in [2.24, 2.45) is 5.16 Å². The highest BCUT2D eigenvalue weighted by Crippen LogP contribution is 2.35. The lowest BCUT2D eigenvalue weighted by atomic mass is 10.0. The van der Waals surface area contributed by atoms with Crippen molar-refractivity contribution in [1.29, 1.82) is 0 Å². The summed E-state index contributed by atoms with van der Waals surface area (Å²) in [7, 11) is 2.48. The highest BCUT2D eigenvalue weighted by molar-refractivity contribution is 6.43. The van der Waals surface area contributed by atoms with Crippen LogP contribution in [0.2, 0.25) is 5.02 Å². The number of carbonyl (C=O) groups excluding carboxylic acids is 1. The lowest BCUT2D eigenvalue weighted by Gasteiger charge is -2.13. The largest absolute Gasteiger partial charge is 0.487 e. The third-order valence-corrected chi connectivity index (χ3v) is 3.77. The smallest absolute Gasteiger partial charge is 0.416 e. The van der Waals surface area contributed by atoms with Gasteiger partial charge in [-0.3, -0.25) is 0 Å². The number of carbonyl (C=O) groups is 1. The number of ether oxygens (including phenoxy) is 2. The Bertz CT molecular complexity index is 853. The molecule has 0 fully saturated rings. The zero-order chi connectivity index (χ0) is 20.0. The summed E-state index contributed by atoms with van der Waals surface area (Å²) in [6.45, 7) is -0.0685. The minimum absolute atomic E-state index is 0.0685. The maximum absolute atomic E-state index is 12.7. The highest BCUT2D eigenvalue weighted by Gasteiger charge is 2.31. The molecule has 9 heteroatoms. The summed E-state index contributed by atoms with van der Waals surface area (Å²) in [4.78, 5) is 16.6. The van der Waals surface area contributed by atoms with Crippen LogP contribution < -0.4 is 4.74 Å². The molecule has 0 atom stereocenters. The van der Waals surface area contributed by atoms with E-state index in [-0.39, 0.29) is 23.1 Å². The van der Waals surface area contributed by atoms with E-state index < -0.39 is 17.7 Å². The van der Waals surface area contributed by atoms with Crippen molar-refractivity contribution in [2.75, 3.05) is 14.2 Å². The highest BCUT2D eigenvalue weighted by atomic mass is 35.5. The molecule has 0 bridgehead atoms. The third-order valence-electron chi connectivity index (χ3n) is 3.48. The van der Waals surface area contributed by atoms with Crippen molar-refractivity contribution >= 4 is 23.3 Å². The molecule has 27 heavy (non-hydrogen) atoms. The number of nitrogens with zero attached hydrogens (tertiary/aromatic N) is 1. The van der Waals surface area contributed by atoms with Crippen LogP contribution in [0.15, 0.2) is 47.6 Å². The van der Waals surface area contributed by atoms with Gasteiger partial charge in [0, 0.05) is 5.56 Å². The average Bonchev–Trinajstić information content (AvgIpc) is 2.64. The summed E-state index contributed by atoms with van der Waals surface area (Å²) in [5, 5.41) is 3.49. The summed E-state index contributed by atoms with van der Waals surface area (Å²) in [6, 6.07) is 9.46. The summed E-state index contributed by atoms with van der Waals surface area (Å²) >= 11 is 5.88. The van der Waals surface area contributed by atoms with Gasteiger partial charge in [-0.15, -0.1) is 0 Å². The SMILES string of the molecule is CON=C(C(=O)OC)c1ccccc1COc1ccc(C(F)(F)F)cc1Cl. The van der Waals surface area contributed by atoms with Crippen LogP contribution in [0.4, 0.5) is 13.2 Å². The van der Waals surface area contributed by atoms with Crippen LogP contribution in [0.3, 0.4) is 0 Å². The predicted octanol–water partition coefficient (Wildman–Crippen LogP) is 4.46. The van der Waals surface area contributed by atoms with Crippen molar-refractivity contribution in [3.8, 4) is 5.75 Å². The van der Waals surface area contributed by atoms with Crippen LogP contribution in [0.1, 0.15) is 16.7 Å². The van der Waals surface area contributed by atoms with Gasteiger partial charge >= 0.3 is 12.1 Å². The predicted molar refractivity (Wildman–Crippen MR) is 92.8 cm³/mol. The lowest BCUT2D eigenvalue weighted by Crippen LogP contribution is -2.19. The Labute approximate surface area is 158 Å². The molecule has 0 aliphatic rings. The molecule has 0 aromatic heterocycles. The number of hydrogen-bond acceptors (Lipinski definition) is 5. The van der Waals surface area contributed by atoms with Gasteiger partial charge in [0.1, 0.15) is 19.5 Å². The topological polar surface area (TPSA) is 57.1 Å². The molecule has 0 heterocycles. The van der Waals surface area contributed by atoms with E-state index in [0.717, 1.165) is 18.2 Å². The van der Waals surface area contributed by atoms with E-state index in [2.05, 4.69) is 14.7 Å². The fourth-order valence-electron chi connectivity index (χ4n) is 2.21. The average molecular weight is 402 g/mol. The van der Waals surface area contributed by atoms with Crippen molar-refractivity contribution in [3.63, 3.8) is 0 Å². The van der Waals surface area contributed by atoms with E-state index >= 15 is 0 Å². The quantitative estimate of drug-likeness (QED) is 0.407. The monoisotopic (exact) mass is 401 g/mol. The Morgan fingerprint density at radius 1 is 1.15 bits per heavy atom. The maximum atomic E-state index is 12.7. The van der Waals surface area contributed by atoms with Gasteiger partial charge in [-0.2, -0.15) is 13.2 Å². The van der Waals surface area contributed by atoms with E-state index in [1.54, 1.807) is 24.3 Å². The van der Waals surface area contributed by atoms with Crippen LogP contribution in [-0.2, 0) is 27.2 Å². The molecule has 0 saturated carbocycles. The first-order chi connectivity index (χ1) is 12.8. The first kappa shape index (κ1) is 20.6. The standard InChI is InChI=1S/C18H15ClF3NO4/c1-25-17(24)16(23-26-2)13-6-4-3-5-11(13)10-27-15-8-7-12(9-14(15)19)18(20,21)22/h3-9H,10H2,1-2H3. The third kappa shape index (κ3) is 5.13. The van der Waals surface area contributed by atoms with Crippen molar-refractivity contribution in [3.05, 3.63) is 64.2 Å².